The summed E-state index contributed by atoms with van der Waals surface area (Å²) in [5.41, 5.74) is 2.73. The van der Waals surface area contributed by atoms with Gasteiger partial charge in [-0.15, -0.1) is 0 Å². The van der Waals surface area contributed by atoms with E-state index in [4.69, 9.17) is 16.6 Å². The second-order valence-corrected chi connectivity index (χ2v) is 8.06. The number of aromatic nitrogens is 3. The molecule has 0 aliphatic heterocycles. The molecule has 0 bridgehead atoms. The minimum Gasteiger partial charge on any atom is -0.349 e. The summed E-state index contributed by atoms with van der Waals surface area (Å²) in [4.78, 5) is 21.3. The summed E-state index contributed by atoms with van der Waals surface area (Å²) in [7, 11) is 0. The molecule has 1 N–H and O–H groups in total. The molecule has 0 radical (unpaired) electrons. The fraction of sp³-hybridized carbons (Fsp3) is 0.158. The van der Waals surface area contributed by atoms with Crippen LogP contribution in [0.2, 0.25) is 5.02 Å². The topological polar surface area (TPSA) is 50.7 Å². The van der Waals surface area contributed by atoms with E-state index in [0.29, 0.717) is 32.1 Å². The van der Waals surface area contributed by atoms with Gasteiger partial charge >= 0.3 is 0 Å². The second-order valence-electron chi connectivity index (χ2n) is 6.08. The number of fused-ring (bicyclic) bond motifs is 3. The molecule has 4 nitrogen and oxygen atoms in total. The van der Waals surface area contributed by atoms with Gasteiger partial charge in [0.25, 0.3) is 5.56 Å². The molecule has 126 valence electrons. The molecule has 0 saturated carbocycles. The van der Waals surface area contributed by atoms with Crippen LogP contribution in [-0.4, -0.2) is 19.8 Å². The Labute approximate surface area is 153 Å². The molecule has 0 unspecified atom stereocenters. The summed E-state index contributed by atoms with van der Waals surface area (Å²) in [5.74, 6) is 0. The number of para-hydroxylation sites is 1. The Morgan fingerprint density at radius 1 is 1.16 bits per heavy atom. The minimum atomic E-state index is -0.119. The predicted molar refractivity (Wildman–Crippen MR) is 105 cm³/mol. The van der Waals surface area contributed by atoms with E-state index in [1.54, 1.807) is 28.5 Å². The molecular weight excluding hydrogens is 354 g/mol. The zero-order valence-corrected chi connectivity index (χ0v) is 15.4. The molecule has 0 aliphatic rings. The summed E-state index contributed by atoms with van der Waals surface area (Å²) in [5, 5.41) is 2.50. The first-order valence-electron chi connectivity index (χ1n) is 8.00. The van der Waals surface area contributed by atoms with Crippen molar-refractivity contribution in [3.05, 3.63) is 63.9 Å². The average molecular weight is 370 g/mol. The number of hydrogen-bond donors (Lipinski definition) is 1. The number of hydrogen-bond acceptors (Lipinski definition) is 3. The number of rotatable bonds is 3. The normalized spacial score (nSPS) is 11.7. The van der Waals surface area contributed by atoms with E-state index in [2.05, 4.69) is 18.8 Å². The third-order valence-electron chi connectivity index (χ3n) is 3.90. The van der Waals surface area contributed by atoms with Crippen LogP contribution in [0.3, 0.4) is 0 Å². The van der Waals surface area contributed by atoms with Crippen molar-refractivity contribution in [2.24, 2.45) is 0 Å². The van der Waals surface area contributed by atoms with Gasteiger partial charge in [0, 0.05) is 21.2 Å². The summed E-state index contributed by atoms with van der Waals surface area (Å²) in [6.07, 6.45) is 0. The largest absolute Gasteiger partial charge is 0.349 e. The Balaban J connectivity index is 2.11. The van der Waals surface area contributed by atoms with Crippen molar-refractivity contribution in [1.29, 1.82) is 0 Å². The smallest absolute Gasteiger partial charge is 0.283 e. The number of aromatic amines is 1. The van der Waals surface area contributed by atoms with Crippen molar-refractivity contribution >= 4 is 45.3 Å². The molecule has 0 fully saturated rings. The van der Waals surface area contributed by atoms with Gasteiger partial charge in [0.15, 0.2) is 5.16 Å². The number of thioether (sulfide) groups is 1. The first kappa shape index (κ1) is 16.2. The van der Waals surface area contributed by atoms with Gasteiger partial charge in [-0.25, -0.2) is 4.98 Å². The Morgan fingerprint density at radius 3 is 2.72 bits per heavy atom. The molecule has 0 aliphatic carbocycles. The van der Waals surface area contributed by atoms with Gasteiger partial charge in [-0.3, -0.25) is 9.36 Å². The predicted octanol–water partition coefficient (Wildman–Crippen LogP) is 5.02. The lowest BCUT2D eigenvalue weighted by Gasteiger charge is -2.13. The van der Waals surface area contributed by atoms with Crippen molar-refractivity contribution < 1.29 is 0 Å². The quantitative estimate of drug-likeness (QED) is 0.407. The molecule has 6 heteroatoms. The van der Waals surface area contributed by atoms with Crippen LogP contribution in [0.25, 0.3) is 27.6 Å². The summed E-state index contributed by atoms with van der Waals surface area (Å²) in [6.45, 7) is 4.16. The van der Waals surface area contributed by atoms with Gasteiger partial charge in [0.1, 0.15) is 11.0 Å². The van der Waals surface area contributed by atoms with Crippen LogP contribution < -0.4 is 5.56 Å². The Morgan fingerprint density at radius 2 is 1.96 bits per heavy atom. The van der Waals surface area contributed by atoms with Crippen molar-refractivity contribution in [3.63, 3.8) is 0 Å². The van der Waals surface area contributed by atoms with E-state index in [1.807, 2.05) is 36.4 Å². The van der Waals surface area contributed by atoms with Crippen LogP contribution >= 0.6 is 23.4 Å². The molecule has 0 atom stereocenters. The molecule has 4 rings (SSSR count). The first-order chi connectivity index (χ1) is 12.0. The first-order valence-corrected chi connectivity index (χ1v) is 9.26. The van der Waals surface area contributed by atoms with E-state index in [1.165, 1.54) is 0 Å². The number of halogens is 1. The third-order valence-corrected chi connectivity index (χ3v) is 5.09. The maximum atomic E-state index is 13.2. The highest BCUT2D eigenvalue weighted by Gasteiger charge is 2.18. The molecule has 0 amide bonds. The number of nitrogens with one attached hydrogen (secondary N) is 1. The summed E-state index contributed by atoms with van der Waals surface area (Å²) >= 11 is 7.70. The zero-order chi connectivity index (χ0) is 17.6. The highest BCUT2D eigenvalue weighted by molar-refractivity contribution is 7.99. The van der Waals surface area contributed by atoms with E-state index in [-0.39, 0.29) is 5.56 Å². The van der Waals surface area contributed by atoms with Gasteiger partial charge in [0.05, 0.1) is 5.69 Å². The van der Waals surface area contributed by atoms with Gasteiger partial charge < -0.3 is 4.98 Å². The molecule has 2 aromatic carbocycles. The fourth-order valence-electron chi connectivity index (χ4n) is 2.88. The SMILES string of the molecule is CC(C)Sc1nc2c([nH]c3ccccc32)c(=O)n1-c1cccc(Cl)c1. The van der Waals surface area contributed by atoms with Crippen LogP contribution in [-0.2, 0) is 0 Å². The highest BCUT2D eigenvalue weighted by Crippen LogP contribution is 2.28. The zero-order valence-electron chi connectivity index (χ0n) is 13.8. The van der Waals surface area contributed by atoms with Crippen LogP contribution in [0.1, 0.15) is 13.8 Å². The lowest BCUT2D eigenvalue weighted by atomic mass is 10.2. The number of H-pyrrole nitrogens is 1. The number of nitrogens with zero attached hydrogens (tertiary/aromatic N) is 2. The lowest BCUT2D eigenvalue weighted by Crippen LogP contribution is -2.22. The molecule has 4 aromatic rings. The van der Waals surface area contributed by atoms with Gasteiger partial charge in [0.2, 0.25) is 0 Å². The van der Waals surface area contributed by atoms with Crippen LogP contribution in [0.5, 0.6) is 0 Å². The maximum absolute atomic E-state index is 13.2. The molecule has 0 saturated heterocycles. The lowest BCUT2D eigenvalue weighted by molar-refractivity contribution is 0.815. The monoisotopic (exact) mass is 369 g/mol. The van der Waals surface area contributed by atoms with Gasteiger partial charge in [-0.1, -0.05) is 61.5 Å². The van der Waals surface area contributed by atoms with Crippen LogP contribution in [0, 0.1) is 0 Å². The summed E-state index contributed by atoms with van der Waals surface area (Å²) in [6, 6.07) is 15.1. The van der Waals surface area contributed by atoms with E-state index in [9.17, 15) is 4.79 Å². The molecule has 2 aromatic heterocycles. The Kier molecular flexibility index (Phi) is 4.06. The molecule has 25 heavy (non-hydrogen) atoms. The maximum Gasteiger partial charge on any atom is 0.283 e. The third kappa shape index (κ3) is 2.83. The van der Waals surface area contributed by atoms with Gasteiger partial charge in [-0.05, 0) is 24.3 Å². The Bertz CT molecular complexity index is 1150. The van der Waals surface area contributed by atoms with Crippen molar-refractivity contribution in [3.8, 4) is 5.69 Å². The van der Waals surface area contributed by atoms with Crippen LogP contribution in [0.15, 0.2) is 58.5 Å². The van der Waals surface area contributed by atoms with E-state index in [0.717, 1.165) is 10.9 Å². The second kappa shape index (κ2) is 6.24. The van der Waals surface area contributed by atoms with Crippen molar-refractivity contribution in [2.75, 3.05) is 0 Å². The van der Waals surface area contributed by atoms with E-state index >= 15 is 0 Å². The van der Waals surface area contributed by atoms with E-state index < -0.39 is 0 Å². The average Bonchev–Trinajstić information content (AvgIpc) is 2.94. The summed E-state index contributed by atoms with van der Waals surface area (Å²) < 4.78 is 1.63. The molecular formula is C19H16ClN3OS. The van der Waals surface area contributed by atoms with Crippen LogP contribution in [0.4, 0.5) is 0 Å². The highest BCUT2D eigenvalue weighted by atomic mass is 35.5. The minimum absolute atomic E-state index is 0.119. The van der Waals surface area contributed by atoms with Crippen molar-refractivity contribution in [1.82, 2.24) is 14.5 Å². The van der Waals surface area contributed by atoms with Crippen molar-refractivity contribution in [2.45, 2.75) is 24.3 Å². The number of benzene rings is 2. The Hall–Kier alpha value is -2.24. The standard InChI is InChI=1S/C19H16ClN3OS/c1-11(2)25-19-22-16-14-8-3-4-9-15(14)21-17(16)18(24)23(19)13-7-5-6-12(20)10-13/h3-11,21H,1-2H3. The molecule has 2 heterocycles. The molecule has 0 spiro atoms. The van der Waals surface area contributed by atoms with Gasteiger partial charge in [-0.2, -0.15) is 0 Å². The fourth-order valence-corrected chi connectivity index (χ4v) is 3.92.